The lowest BCUT2D eigenvalue weighted by Crippen LogP contribution is -2.52. The highest BCUT2D eigenvalue weighted by atomic mass is 32.2. The lowest BCUT2D eigenvalue weighted by atomic mass is 10.1. The molecule has 0 spiro atoms. The molecule has 0 aliphatic carbocycles. The number of para-hydroxylation sites is 1. The summed E-state index contributed by atoms with van der Waals surface area (Å²) in [5.74, 6) is 0.797. The van der Waals surface area contributed by atoms with E-state index in [9.17, 15) is 4.79 Å². The van der Waals surface area contributed by atoms with E-state index in [1.54, 1.807) is 16.8 Å². The molecule has 0 radical (unpaired) electrons. The molecule has 1 amide bonds. The first-order valence-electron chi connectivity index (χ1n) is 9.48. The van der Waals surface area contributed by atoms with Gasteiger partial charge >= 0.3 is 0 Å². The Balaban J connectivity index is 1.74. The van der Waals surface area contributed by atoms with Gasteiger partial charge in [0.1, 0.15) is 5.70 Å². The molecule has 0 bridgehead atoms. The van der Waals surface area contributed by atoms with Crippen LogP contribution in [0.4, 0.5) is 0 Å². The van der Waals surface area contributed by atoms with Crippen molar-refractivity contribution in [2.24, 2.45) is 10.1 Å². The van der Waals surface area contributed by atoms with Crippen LogP contribution in [0.3, 0.4) is 0 Å². The minimum atomic E-state index is -0.363. The first kappa shape index (κ1) is 18.5. The lowest BCUT2D eigenvalue weighted by Gasteiger charge is -2.32. The monoisotopic (exact) mass is 390 g/mol. The van der Waals surface area contributed by atoms with E-state index in [-0.39, 0.29) is 12.1 Å². The van der Waals surface area contributed by atoms with Crippen LogP contribution in [0.1, 0.15) is 25.3 Å². The van der Waals surface area contributed by atoms with Crippen molar-refractivity contribution in [3.05, 3.63) is 76.8 Å². The molecule has 6 heteroatoms. The number of hydrogen-bond acceptors (Lipinski definition) is 5. The van der Waals surface area contributed by atoms with E-state index in [1.807, 2.05) is 66.7 Å². The van der Waals surface area contributed by atoms with Crippen molar-refractivity contribution in [2.45, 2.75) is 25.9 Å². The topological polar surface area (TPSA) is 57.1 Å². The highest BCUT2D eigenvalue weighted by molar-refractivity contribution is 8.13. The molecule has 2 aromatic rings. The highest BCUT2D eigenvalue weighted by Gasteiger charge is 2.32. The summed E-state index contributed by atoms with van der Waals surface area (Å²) in [6, 6.07) is 17.8. The van der Waals surface area contributed by atoms with Gasteiger partial charge in [0.25, 0.3) is 5.91 Å². The van der Waals surface area contributed by atoms with Crippen LogP contribution < -0.4 is 15.9 Å². The third-order valence-corrected chi connectivity index (χ3v) is 5.49. The van der Waals surface area contributed by atoms with E-state index in [4.69, 9.17) is 10.1 Å². The van der Waals surface area contributed by atoms with Crippen molar-refractivity contribution in [2.75, 3.05) is 5.75 Å². The maximum absolute atomic E-state index is 12.9. The first-order valence-corrected chi connectivity index (χ1v) is 10.5. The molecule has 0 saturated carbocycles. The fourth-order valence-electron chi connectivity index (χ4n) is 3.12. The Hall–Kier alpha value is -2.86. The van der Waals surface area contributed by atoms with E-state index in [0.717, 1.165) is 34.7 Å². The number of hydrogen-bond donors (Lipinski definition) is 1. The van der Waals surface area contributed by atoms with Crippen LogP contribution in [0.15, 0.2) is 70.8 Å². The summed E-state index contributed by atoms with van der Waals surface area (Å²) in [6.45, 7) is 2.15. The predicted octanol–water partition coefficient (Wildman–Crippen LogP) is 2.70. The number of thioether (sulfide) groups is 1. The Kier molecular flexibility index (Phi) is 5.58. The Labute approximate surface area is 168 Å². The molecule has 2 aromatic carbocycles. The summed E-state index contributed by atoms with van der Waals surface area (Å²) in [4.78, 5) is 17.7. The zero-order chi connectivity index (χ0) is 19.3. The number of carbonyl (C=O) groups is 1. The first-order chi connectivity index (χ1) is 13.8. The second kappa shape index (κ2) is 8.44. The molecular weight excluding hydrogens is 368 g/mol. The van der Waals surface area contributed by atoms with Gasteiger partial charge < -0.3 is 0 Å². The number of unbranched alkanes of at least 4 members (excludes halogenated alkanes) is 1. The summed E-state index contributed by atoms with van der Waals surface area (Å²) in [7, 11) is 0. The molecule has 28 heavy (non-hydrogen) atoms. The summed E-state index contributed by atoms with van der Waals surface area (Å²) in [6.07, 6.45) is 5.84. The number of amides is 1. The number of benzene rings is 2. The van der Waals surface area contributed by atoms with Gasteiger partial charge in [0.15, 0.2) is 11.3 Å². The molecule has 142 valence electrons. The minimum absolute atomic E-state index is 0.130. The van der Waals surface area contributed by atoms with Crippen molar-refractivity contribution in [3.63, 3.8) is 0 Å². The molecule has 0 aromatic heterocycles. The van der Waals surface area contributed by atoms with E-state index in [2.05, 4.69) is 12.2 Å². The maximum atomic E-state index is 12.9. The standard InChI is InChI=1S/C22H22N4OS/c1-2-3-15-28-22-24-21(27)20-17-11-7-8-12-18(17)23-19(26(20)25-22)14-13-16-9-5-4-6-10-16/h4-14,19H,2-3,15H2,1H3,(H,24,25,27)/b14-13+. The normalized spacial score (nSPS) is 18.2. The Morgan fingerprint density at radius 1 is 1.14 bits per heavy atom. The average Bonchev–Trinajstić information content (AvgIpc) is 2.73. The van der Waals surface area contributed by atoms with Crippen LogP contribution in [-0.4, -0.2) is 28.0 Å². The van der Waals surface area contributed by atoms with Crippen molar-refractivity contribution >= 4 is 34.6 Å². The number of hydrazone groups is 1. The molecule has 1 N–H and O–H groups in total. The van der Waals surface area contributed by atoms with Gasteiger partial charge in [-0.25, -0.2) is 5.01 Å². The Morgan fingerprint density at radius 3 is 2.75 bits per heavy atom. The van der Waals surface area contributed by atoms with Gasteiger partial charge in [-0.15, -0.1) is 5.10 Å². The molecule has 0 saturated heterocycles. The lowest BCUT2D eigenvalue weighted by molar-refractivity contribution is -0.116. The zero-order valence-corrected chi connectivity index (χ0v) is 16.5. The fraction of sp³-hybridized carbons (Fsp3) is 0.227. The van der Waals surface area contributed by atoms with Gasteiger partial charge in [-0.2, -0.15) is 0 Å². The average molecular weight is 391 g/mol. The van der Waals surface area contributed by atoms with Crippen molar-refractivity contribution < 1.29 is 4.79 Å². The van der Waals surface area contributed by atoms with Crippen LogP contribution in [-0.2, 0) is 4.79 Å². The molecule has 1 atom stereocenters. The molecule has 2 heterocycles. The van der Waals surface area contributed by atoms with Gasteiger partial charge in [0.2, 0.25) is 0 Å². The van der Waals surface area contributed by atoms with Crippen LogP contribution in [0.2, 0.25) is 0 Å². The number of rotatable bonds is 5. The van der Waals surface area contributed by atoms with Gasteiger partial charge in [0, 0.05) is 11.0 Å². The second-order valence-electron chi connectivity index (χ2n) is 6.58. The smallest absolute Gasteiger partial charge is 0.276 e. The number of amidine groups is 1. The van der Waals surface area contributed by atoms with Crippen LogP contribution in [0.25, 0.3) is 11.8 Å². The third kappa shape index (κ3) is 3.87. The minimum Gasteiger partial charge on any atom is -0.298 e. The fourth-order valence-corrected chi connectivity index (χ4v) is 4.05. The maximum Gasteiger partial charge on any atom is 0.276 e. The Morgan fingerprint density at radius 2 is 1.93 bits per heavy atom. The van der Waals surface area contributed by atoms with Crippen LogP contribution in [0.5, 0.6) is 0 Å². The molecule has 4 rings (SSSR count). The van der Waals surface area contributed by atoms with Gasteiger partial charge in [-0.05, 0) is 24.1 Å². The second-order valence-corrected chi connectivity index (χ2v) is 7.67. The zero-order valence-electron chi connectivity index (χ0n) is 15.7. The van der Waals surface area contributed by atoms with Gasteiger partial charge in [-0.3, -0.25) is 15.1 Å². The van der Waals surface area contributed by atoms with Crippen molar-refractivity contribution in [1.29, 1.82) is 0 Å². The Bertz CT molecular complexity index is 1050. The van der Waals surface area contributed by atoms with Gasteiger partial charge in [0.05, 0.1) is 5.36 Å². The highest BCUT2D eigenvalue weighted by Crippen LogP contribution is 2.22. The molecule has 5 nitrogen and oxygen atoms in total. The van der Waals surface area contributed by atoms with Crippen LogP contribution in [0, 0.1) is 0 Å². The SMILES string of the molecule is CCCCSC1=NN2C(=c3ccccc3=NC2/C=C/c2ccccc2)C(=O)N1. The molecule has 2 aliphatic heterocycles. The molecule has 0 fully saturated rings. The third-order valence-electron chi connectivity index (χ3n) is 4.54. The van der Waals surface area contributed by atoms with E-state index in [0.29, 0.717) is 10.9 Å². The predicted molar refractivity (Wildman–Crippen MR) is 115 cm³/mol. The number of nitrogens with zero attached hydrogens (tertiary/aromatic N) is 3. The number of fused-ring (bicyclic) bond motifs is 2. The van der Waals surface area contributed by atoms with E-state index >= 15 is 0 Å². The number of nitrogens with one attached hydrogen (secondary N) is 1. The largest absolute Gasteiger partial charge is 0.298 e. The molecular formula is C22H22N4OS. The van der Waals surface area contributed by atoms with Crippen molar-refractivity contribution in [3.8, 4) is 0 Å². The summed E-state index contributed by atoms with van der Waals surface area (Å²) in [5, 5.41) is 11.7. The van der Waals surface area contributed by atoms with Gasteiger partial charge in [-0.1, -0.05) is 79.7 Å². The molecule has 2 aliphatic rings. The molecule has 1 unspecified atom stereocenters. The van der Waals surface area contributed by atoms with E-state index in [1.165, 1.54) is 0 Å². The van der Waals surface area contributed by atoms with Crippen molar-refractivity contribution in [1.82, 2.24) is 10.3 Å². The van der Waals surface area contributed by atoms with Crippen LogP contribution >= 0.6 is 11.8 Å². The quantitative estimate of drug-likeness (QED) is 0.799. The summed E-state index contributed by atoms with van der Waals surface area (Å²) < 4.78 is 0. The summed E-state index contributed by atoms with van der Waals surface area (Å²) in [5.41, 5.74) is 1.63. The number of carbonyl (C=O) groups excluding carboxylic acids is 1. The van der Waals surface area contributed by atoms with E-state index < -0.39 is 0 Å². The summed E-state index contributed by atoms with van der Waals surface area (Å²) >= 11 is 1.58.